The van der Waals surface area contributed by atoms with Crippen molar-refractivity contribution in [3.8, 4) is 0 Å². The number of halogens is 1. The molecule has 4 heteroatoms. The molecule has 1 aromatic rings. The van der Waals surface area contributed by atoms with E-state index >= 15 is 0 Å². The summed E-state index contributed by atoms with van der Waals surface area (Å²) in [5, 5.41) is 6.15. The van der Waals surface area contributed by atoms with Gasteiger partial charge in [0, 0.05) is 6.54 Å². The Balaban J connectivity index is 1.80. The minimum atomic E-state index is -0.447. The summed E-state index contributed by atoms with van der Waals surface area (Å²) in [6.07, 6.45) is 3.36. The molecular weight excluding hydrogens is 243 g/mol. The quantitative estimate of drug-likeness (QED) is 0.875. The Hall–Kier alpha value is -1.42. The third kappa shape index (κ3) is 4.03. The SMILES string of the molecule is Cc1ccc(C(=O)NCCC2CCCNC2)c(F)c1. The van der Waals surface area contributed by atoms with Gasteiger partial charge in [0.2, 0.25) is 0 Å². The first-order chi connectivity index (χ1) is 9.16. The van der Waals surface area contributed by atoms with E-state index in [0.29, 0.717) is 12.5 Å². The molecule has 1 unspecified atom stereocenters. The lowest BCUT2D eigenvalue weighted by Gasteiger charge is -2.22. The molecule has 1 heterocycles. The van der Waals surface area contributed by atoms with Crippen molar-refractivity contribution in [3.63, 3.8) is 0 Å². The van der Waals surface area contributed by atoms with Crippen molar-refractivity contribution in [1.82, 2.24) is 10.6 Å². The third-order valence-electron chi connectivity index (χ3n) is 3.61. The number of piperidine rings is 1. The van der Waals surface area contributed by atoms with Crippen molar-refractivity contribution in [3.05, 3.63) is 35.1 Å². The van der Waals surface area contributed by atoms with Crippen molar-refractivity contribution < 1.29 is 9.18 Å². The monoisotopic (exact) mass is 264 g/mol. The van der Waals surface area contributed by atoms with E-state index in [1.54, 1.807) is 19.1 Å². The number of carbonyl (C=O) groups is 1. The molecule has 0 aliphatic carbocycles. The molecule has 0 saturated carbocycles. The molecule has 19 heavy (non-hydrogen) atoms. The minimum Gasteiger partial charge on any atom is -0.352 e. The average molecular weight is 264 g/mol. The predicted octanol–water partition coefficient (Wildman–Crippen LogP) is 2.25. The highest BCUT2D eigenvalue weighted by Crippen LogP contribution is 2.13. The molecule has 1 amide bonds. The van der Waals surface area contributed by atoms with Gasteiger partial charge in [-0.1, -0.05) is 6.07 Å². The van der Waals surface area contributed by atoms with Crippen LogP contribution in [0, 0.1) is 18.7 Å². The first-order valence-corrected chi connectivity index (χ1v) is 6.92. The fourth-order valence-corrected chi connectivity index (χ4v) is 2.46. The summed E-state index contributed by atoms with van der Waals surface area (Å²) in [6.45, 7) is 4.53. The molecule has 1 atom stereocenters. The highest BCUT2D eigenvalue weighted by Gasteiger charge is 2.14. The lowest BCUT2D eigenvalue weighted by molar-refractivity contribution is 0.0946. The van der Waals surface area contributed by atoms with E-state index in [0.717, 1.165) is 25.1 Å². The summed E-state index contributed by atoms with van der Waals surface area (Å²) < 4.78 is 13.6. The average Bonchev–Trinajstić information content (AvgIpc) is 2.39. The number of hydrogen-bond acceptors (Lipinski definition) is 2. The molecule has 0 bridgehead atoms. The Morgan fingerprint density at radius 2 is 2.37 bits per heavy atom. The van der Waals surface area contributed by atoms with Gasteiger partial charge in [0.05, 0.1) is 5.56 Å². The van der Waals surface area contributed by atoms with E-state index in [2.05, 4.69) is 10.6 Å². The molecule has 1 aliphatic rings. The van der Waals surface area contributed by atoms with Gasteiger partial charge in [-0.3, -0.25) is 4.79 Å². The van der Waals surface area contributed by atoms with Gasteiger partial charge in [-0.2, -0.15) is 0 Å². The molecule has 1 fully saturated rings. The van der Waals surface area contributed by atoms with Gasteiger partial charge in [0.25, 0.3) is 5.91 Å². The number of rotatable bonds is 4. The van der Waals surface area contributed by atoms with Crippen LogP contribution in [-0.4, -0.2) is 25.5 Å². The second-order valence-electron chi connectivity index (χ2n) is 5.24. The van der Waals surface area contributed by atoms with Gasteiger partial charge in [0.15, 0.2) is 0 Å². The zero-order chi connectivity index (χ0) is 13.7. The number of hydrogen-bond donors (Lipinski definition) is 2. The molecule has 2 N–H and O–H groups in total. The minimum absolute atomic E-state index is 0.132. The molecule has 1 saturated heterocycles. The van der Waals surface area contributed by atoms with Crippen LogP contribution in [0.5, 0.6) is 0 Å². The van der Waals surface area contributed by atoms with Gasteiger partial charge >= 0.3 is 0 Å². The fraction of sp³-hybridized carbons (Fsp3) is 0.533. The van der Waals surface area contributed by atoms with Crippen LogP contribution < -0.4 is 10.6 Å². The van der Waals surface area contributed by atoms with Crippen LogP contribution >= 0.6 is 0 Å². The standard InChI is InChI=1S/C15H21FN2O/c1-11-4-5-13(14(16)9-11)15(19)18-8-6-12-3-2-7-17-10-12/h4-5,9,12,17H,2-3,6-8,10H2,1H3,(H,18,19). The first kappa shape index (κ1) is 14.0. The normalized spacial score (nSPS) is 19.2. The molecule has 1 aromatic carbocycles. The van der Waals surface area contributed by atoms with Gasteiger partial charge in [-0.25, -0.2) is 4.39 Å². The Bertz CT molecular complexity index is 442. The molecule has 0 radical (unpaired) electrons. The maximum atomic E-state index is 13.6. The number of aryl methyl sites for hydroxylation is 1. The predicted molar refractivity (Wildman–Crippen MR) is 73.7 cm³/mol. The maximum Gasteiger partial charge on any atom is 0.254 e. The summed E-state index contributed by atoms with van der Waals surface area (Å²) in [5.41, 5.74) is 0.953. The Kier molecular flexibility index (Phi) is 4.91. The van der Waals surface area contributed by atoms with Crippen LogP contribution in [0.1, 0.15) is 35.2 Å². The van der Waals surface area contributed by atoms with Crippen LogP contribution in [0.3, 0.4) is 0 Å². The first-order valence-electron chi connectivity index (χ1n) is 6.92. The molecule has 0 spiro atoms. The number of benzene rings is 1. The molecule has 2 rings (SSSR count). The zero-order valence-electron chi connectivity index (χ0n) is 11.3. The van der Waals surface area contributed by atoms with Crippen LogP contribution in [0.2, 0.25) is 0 Å². The van der Waals surface area contributed by atoms with Crippen molar-refractivity contribution >= 4 is 5.91 Å². The van der Waals surface area contributed by atoms with E-state index in [-0.39, 0.29) is 11.5 Å². The van der Waals surface area contributed by atoms with Crippen LogP contribution in [-0.2, 0) is 0 Å². The lowest BCUT2D eigenvalue weighted by atomic mass is 9.96. The van der Waals surface area contributed by atoms with Crippen LogP contribution in [0.15, 0.2) is 18.2 Å². The Morgan fingerprint density at radius 3 is 3.05 bits per heavy atom. The fourth-order valence-electron chi connectivity index (χ4n) is 2.46. The van der Waals surface area contributed by atoms with Gasteiger partial charge in [-0.15, -0.1) is 0 Å². The van der Waals surface area contributed by atoms with Crippen molar-refractivity contribution in [2.45, 2.75) is 26.2 Å². The van der Waals surface area contributed by atoms with E-state index in [9.17, 15) is 9.18 Å². The topological polar surface area (TPSA) is 41.1 Å². The second kappa shape index (κ2) is 6.66. The largest absolute Gasteiger partial charge is 0.352 e. The highest BCUT2D eigenvalue weighted by atomic mass is 19.1. The molecule has 1 aliphatic heterocycles. The molecular formula is C15H21FN2O. The maximum absolute atomic E-state index is 13.6. The summed E-state index contributed by atoms with van der Waals surface area (Å²) in [5.74, 6) is -0.144. The Labute approximate surface area is 113 Å². The summed E-state index contributed by atoms with van der Waals surface area (Å²) in [6, 6.07) is 4.69. The number of carbonyl (C=O) groups excluding carboxylic acids is 1. The van der Waals surface area contributed by atoms with Crippen molar-refractivity contribution in [1.29, 1.82) is 0 Å². The molecule has 3 nitrogen and oxygen atoms in total. The number of amides is 1. The summed E-state index contributed by atoms with van der Waals surface area (Å²) in [4.78, 5) is 11.9. The lowest BCUT2D eigenvalue weighted by Crippen LogP contribution is -2.33. The van der Waals surface area contributed by atoms with Gasteiger partial charge in [-0.05, 0) is 62.9 Å². The van der Waals surface area contributed by atoms with Crippen LogP contribution in [0.4, 0.5) is 4.39 Å². The highest BCUT2D eigenvalue weighted by molar-refractivity contribution is 5.94. The van der Waals surface area contributed by atoms with E-state index in [1.165, 1.54) is 18.9 Å². The van der Waals surface area contributed by atoms with Gasteiger partial charge in [0.1, 0.15) is 5.82 Å². The van der Waals surface area contributed by atoms with E-state index < -0.39 is 5.82 Å². The third-order valence-corrected chi connectivity index (χ3v) is 3.61. The number of nitrogens with one attached hydrogen (secondary N) is 2. The van der Waals surface area contributed by atoms with Crippen molar-refractivity contribution in [2.24, 2.45) is 5.92 Å². The zero-order valence-corrected chi connectivity index (χ0v) is 11.3. The smallest absolute Gasteiger partial charge is 0.254 e. The van der Waals surface area contributed by atoms with Gasteiger partial charge < -0.3 is 10.6 Å². The summed E-state index contributed by atoms with van der Waals surface area (Å²) in [7, 11) is 0. The van der Waals surface area contributed by atoms with E-state index in [4.69, 9.17) is 0 Å². The Morgan fingerprint density at radius 1 is 1.53 bits per heavy atom. The summed E-state index contributed by atoms with van der Waals surface area (Å²) >= 11 is 0. The molecule has 0 aromatic heterocycles. The van der Waals surface area contributed by atoms with E-state index in [1.807, 2.05) is 0 Å². The van der Waals surface area contributed by atoms with Crippen LogP contribution in [0.25, 0.3) is 0 Å². The second-order valence-corrected chi connectivity index (χ2v) is 5.24. The molecule has 104 valence electrons. The van der Waals surface area contributed by atoms with Crippen molar-refractivity contribution in [2.75, 3.05) is 19.6 Å².